The highest BCUT2D eigenvalue weighted by Gasteiger charge is 1.98. The van der Waals surface area contributed by atoms with Gasteiger partial charge in [0.05, 0.1) is 13.2 Å². The molecule has 0 heterocycles. The molecule has 0 atom stereocenters. The van der Waals surface area contributed by atoms with Crippen LogP contribution in [0.15, 0.2) is 91.0 Å². The average molecular weight is 354 g/mol. The van der Waals surface area contributed by atoms with Crippen LogP contribution < -0.4 is 4.74 Å². The van der Waals surface area contributed by atoms with Gasteiger partial charge in [0.1, 0.15) is 12.4 Å². The summed E-state index contributed by atoms with van der Waals surface area (Å²) in [7, 11) is 0. The molecule has 0 aliphatic carbocycles. The van der Waals surface area contributed by atoms with Gasteiger partial charge in [-0.3, -0.25) is 0 Å². The molecule has 0 spiro atoms. The van der Waals surface area contributed by atoms with Crippen LogP contribution in [0.1, 0.15) is 16.7 Å². The highest BCUT2D eigenvalue weighted by Crippen LogP contribution is 2.10. The number of hydrogen-bond acceptors (Lipinski definition) is 2. The first-order chi connectivity index (χ1) is 13.4. The minimum Gasteiger partial charge on any atom is -0.481 e. The maximum Gasteiger partial charge on any atom is 0.149 e. The van der Waals surface area contributed by atoms with Gasteiger partial charge < -0.3 is 9.47 Å². The Morgan fingerprint density at radius 1 is 0.778 bits per heavy atom. The molecule has 0 amide bonds. The second-order valence-corrected chi connectivity index (χ2v) is 5.89. The van der Waals surface area contributed by atoms with Gasteiger partial charge in [0, 0.05) is 5.56 Å². The van der Waals surface area contributed by atoms with Crippen LogP contribution >= 0.6 is 0 Å². The molecule has 0 aromatic heterocycles. The Morgan fingerprint density at radius 3 is 2.30 bits per heavy atom. The quantitative estimate of drug-likeness (QED) is 0.421. The predicted molar refractivity (Wildman–Crippen MR) is 110 cm³/mol. The van der Waals surface area contributed by atoms with Gasteiger partial charge >= 0.3 is 0 Å². The van der Waals surface area contributed by atoms with Crippen molar-refractivity contribution in [1.29, 1.82) is 0 Å². The Bertz CT molecular complexity index is 903. The van der Waals surface area contributed by atoms with E-state index in [1.807, 2.05) is 78.9 Å². The van der Waals surface area contributed by atoms with E-state index in [0.717, 1.165) is 16.9 Å². The van der Waals surface area contributed by atoms with E-state index >= 15 is 0 Å². The molecule has 0 radical (unpaired) electrons. The van der Waals surface area contributed by atoms with Crippen molar-refractivity contribution in [3.05, 3.63) is 108 Å². The highest BCUT2D eigenvalue weighted by atomic mass is 16.5. The van der Waals surface area contributed by atoms with Crippen LogP contribution in [0, 0.1) is 11.8 Å². The van der Waals surface area contributed by atoms with Crippen LogP contribution in [0.2, 0.25) is 0 Å². The topological polar surface area (TPSA) is 18.5 Å². The Labute approximate surface area is 161 Å². The SMILES string of the molecule is C(#Cc1ccccc1COC/C=C/c1ccccc1)COc1ccccc1. The second-order valence-electron chi connectivity index (χ2n) is 5.89. The summed E-state index contributed by atoms with van der Waals surface area (Å²) in [5.74, 6) is 7.08. The van der Waals surface area contributed by atoms with Crippen molar-refractivity contribution >= 4 is 6.08 Å². The third-order valence-electron chi connectivity index (χ3n) is 3.88. The molecule has 2 nitrogen and oxygen atoms in total. The first kappa shape index (κ1) is 18.5. The van der Waals surface area contributed by atoms with E-state index < -0.39 is 0 Å². The summed E-state index contributed by atoms with van der Waals surface area (Å²) in [6.07, 6.45) is 4.09. The van der Waals surface area contributed by atoms with Crippen LogP contribution in [0.3, 0.4) is 0 Å². The van der Waals surface area contributed by atoms with Gasteiger partial charge in [-0.25, -0.2) is 0 Å². The molecule has 0 saturated heterocycles. The van der Waals surface area contributed by atoms with Gasteiger partial charge in [0.2, 0.25) is 0 Å². The Kier molecular flexibility index (Phi) is 7.30. The van der Waals surface area contributed by atoms with E-state index in [-0.39, 0.29) is 0 Å². The largest absolute Gasteiger partial charge is 0.481 e. The number of para-hydroxylation sites is 1. The third-order valence-corrected chi connectivity index (χ3v) is 3.88. The summed E-state index contributed by atoms with van der Waals surface area (Å²) in [6.45, 7) is 1.45. The lowest BCUT2D eigenvalue weighted by atomic mass is 10.1. The molecule has 134 valence electrons. The van der Waals surface area contributed by atoms with Crippen LogP contribution in [0.4, 0.5) is 0 Å². The van der Waals surface area contributed by atoms with Gasteiger partial charge in [-0.15, -0.1) is 0 Å². The molecule has 0 bridgehead atoms. The van der Waals surface area contributed by atoms with Crippen molar-refractivity contribution in [1.82, 2.24) is 0 Å². The van der Waals surface area contributed by atoms with Crippen LogP contribution in [-0.2, 0) is 11.3 Å². The fraction of sp³-hybridized carbons (Fsp3) is 0.120. The molecule has 3 aromatic carbocycles. The zero-order valence-electron chi connectivity index (χ0n) is 15.2. The Morgan fingerprint density at radius 2 is 1.48 bits per heavy atom. The fourth-order valence-corrected chi connectivity index (χ4v) is 2.52. The fourth-order valence-electron chi connectivity index (χ4n) is 2.52. The van der Waals surface area contributed by atoms with Crippen molar-refractivity contribution in [3.8, 4) is 17.6 Å². The van der Waals surface area contributed by atoms with Crippen molar-refractivity contribution in [2.75, 3.05) is 13.2 Å². The third kappa shape index (κ3) is 6.51. The van der Waals surface area contributed by atoms with Crippen LogP contribution in [0.25, 0.3) is 6.08 Å². The minimum absolute atomic E-state index is 0.360. The van der Waals surface area contributed by atoms with Crippen molar-refractivity contribution in [3.63, 3.8) is 0 Å². The normalized spacial score (nSPS) is 10.4. The molecule has 3 rings (SSSR count). The van der Waals surface area contributed by atoms with Gasteiger partial charge in [-0.2, -0.15) is 0 Å². The van der Waals surface area contributed by atoms with Gasteiger partial charge in [0.25, 0.3) is 0 Å². The van der Waals surface area contributed by atoms with E-state index in [0.29, 0.717) is 19.8 Å². The summed E-state index contributed by atoms with van der Waals surface area (Å²) in [6, 6.07) is 27.9. The zero-order chi connectivity index (χ0) is 18.6. The lowest BCUT2D eigenvalue weighted by molar-refractivity contribution is 0.149. The van der Waals surface area contributed by atoms with E-state index in [2.05, 4.69) is 30.0 Å². The molecule has 27 heavy (non-hydrogen) atoms. The van der Waals surface area contributed by atoms with Gasteiger partial charge in [0.15, 0.2) is 0 Å². The summed E-state index contributed by atoms with van der Waals surface area (Å²) in [5, 5.41) is 0. The van der Waals surface area contributed by atoms with Gasteiger partial charge in [-0.05, 0) is 29.3 Å². The van der Waals surface area contributed by atoms with E-state index in [1.54, 1.807) is 0 Å². The summed E-state index contributed by atoms with van der Waals surface area (Å²) >= 11 is 0. The summed E-state index contributed by atoms with van der Waals surface area (Å²) in [5.41, 5.74) is 3.23. The number of rotatable bonds is 7. The monoisotopic (exact) mass is 354 g/mol. The molecule has 0 fully saturated rings. The first-order valence-corrected chi connectivity index (χ1v) is 8.96. The van der Waals surface area contributed by atoms with Crippen molar-refractivity contribution in [2.45, 2.75) is 6.61 Å². The smallest absolute Gasteiger partial charge is 0.149 e. The van der Waals surface area contributed by atoms with Crippen LogP contribution in [-0.4, -0.2) is 13.2 Å². The zero-order valence-corrected chi connectivity index (χ0v) is 15.2. The maximum absolute atomic E-state index is 5.77. The standard InChI is InChI=1S/C25H22O2/c1-3-11-22(12-4-1)13-9-19-26-21-24-15-8-7-14-23(24)16-10-20-27-25-17-5-2-6-18-25/h1-9,11-15,17-18H,19-21H2/b13-9+. The Hall–Kier alpha value is -3.28. The lowest BCUT2D eigenvalue weighted by Gasteiger charge is -2.05. The number of hydrogen-bond donors (Lipinski definition) is 0. The lowest BCUT2D eigenvalue weighted by Crippen LogP contribution is -1.97. The molecule has 0 unspecified atom stereocenters. The van der Waals surface area contributed by atoms with Crippen LogP contribution in [0.5, 0.6) is 5.75 Å². The first-order valence-electron chi connectivity index (χ1n) is 8.96. The molecular weight excluding hydrogens is 332 g/mol. The van der Waals surface area contributed by atoms with E-state index in [1.165, 1.54) is 5.56 Å². The maximum atomic E-state index is 5.77. The molecule has 0 N–H and O–H groups in total. The second kappa shape index (κ2) is 10.7. The summed E-state index contributed by atoms with van der Waals surface area (Å²) in [4.78, 5) is 0. The molecule has 0 saturated carbocycles. The molecule has 0 aliphatic heterocycles. The molecule has 0 aliphatic rings. The van der Waals surface area contributed by atoms with E-state index in [4.69, 9.17) is 9.47 Å². The molecular formula is C25H22O2. The Balaban J connectivity index is 1.49. The number of ether oxygens (including phenoxy) is 2. The predicted octanol–water partition coefficient (Wildman–Crippen LogP) is 5.35. The van der Waals surface area contributed by atoms with Crippen molar-refractivity contribution < 1.29 is 9.47 Å². The number of benzene rings is 3. The summed E-state index contributed by atoms with van der Waals surface area (Å²) < 4.78 is 11.4. The van der Waals surface area contributed by atoms with Gasteiger partial charge in [-0.1, -0.05) is 90.7 Å². The average Bonchev–Trinajstić information content (AvgIpc) is 2.73. The van der Waals surface area contributed by atoms with Crippen molar-refractivity contribution in [2.24, 2.45) is 0 Å². The minimum atomic E-state index is 0.360. The van der Waals surface area contributed by atoms with E-state index in [9.17, 15) is 0 Å². The molecule has 2 heteroatoms. The highest BCUT2D eigenvalue weighted by molar-refractivity contribution is 5.48. The molecule has 3 aromatic rings.